The molecule has 0 aromatic rings. The quantitative estimate of drug-likeness (QED) is 0.568. The summed E-state index contributed by atoms with van der Waals surface area (Å²) in [6, 6.07) is 0. The molecule has 0 unspecified atom stereocenters. The summed E-state index contributed by atoms with van der Waals surface area (Å²) in [6.07, 6.45) is 0. The van der Waals surface area contributed by atoms with E-state index in [1.54, 1.807) is 41.5 Å². The molecular weight excluding hydrogens is 340 g/mol. The molecule has 1 heterocycles. The van der Waals surface area contributed by atoms with Crippen LogP contribution in [0.1, 0.15) is 69.2 Å². The minimum atomic E-state index is -2.42. The van der Waals surface area contributed by atoms with Crippen molar-refractivity contribution < 1.29 is 29.3 Å². The number of nitrogens with one attached hydrogen (secondary N) is 2. The Morgan fingerprint density at radius 3 is 1.12 bits per heavy atom. The van der Waals surface area contributed by atoms with Crippen molar-refractivity contribution in [3.63, 3.8) is 0 Å². The summed E-state index contributed by atoms with van der Waals surface area (Å²) < 4.78 is 11.3. The molecule has 8 heteroatoms. The van der Waals surface area contributed by atoms with Gasteiger partial charge in [-0.2, -0.15) is 0 Å². The van der Waals surface area contributed by atoms with Gasteiger partial charge < -0.3 is 30.3 Å². The smallest absolute Gasteiger partial charge is 0.283 e. The maximum Gasteiger partial charge on any atom is 0.283 e. The van der Waals surface area contributed by atoms with E-state index in [2.05, 4.69) is 10.6 Å². The van der Waals surface area contributed by atoms with Gasteiger partial charge in [0.1, 0.15) is 11.2 Å². The Balaban J connectivity index is 3.31. The number of ether oxygens (including phenoxy) is 2. The van der Waals surface area contributed by atoms with Crippen molar-refractivity contribution in [3.05, 3.63) is 0 Å². The Morgan fingerprint density at radius 1 is 0.692 bits per heavy atom. The minimum Gasteiger partial charge on any atom is -0.356 e. The average molecular weight is 374 g/mol. The maximum atomic E-state index is 12.7. The molecule has 1 fully saturated rings. The molecule has 1 rings (SSSR count). The molecule has 4 N–H and O–H groups in total. The largest absolute Gasteiger partial charge is 0.356 e. The van der Waals surface area contributed by atoms with E-state index in [-0.39, 0.29) is 0 Å². The van der Waals surface area contributed by atoms with Gasteiger partial charge >= 0.3 is 0 Å². The van der Waals surface area contributed by atoms with E-state index in [4.69, 9.17) is 9.47 Å². The number of carbonyl (C=O) groups is 2. The lowest BCUT2D eigenvalue weighted by atomic mass is 9.85. The van der Waals surface area contributed by atoms with Gasteiger partial charge in [-0.1, -0.05) is 0 Å². The van der Waals surface area contributed by atoms with Gasteiger partial charge in [0.15, 0.2) is 0 Å². The first-order valence-corrected chi connectivity index (χ1v) is 8.67. The van der Waals surface area contributed by atoms with Crippen LogP contribution in [0.2, 0.25) is 0 Å². The van der Waals surface area contributed by atoms with Crippen molar-refractivity contribution in [1.29, 1.82) is 0 Å². The molecule has 1 aliphatic heterocycles. The molecule has 1 saturated heterocycles. The fraction of sp³-hybridized carbons (Fsp3) is 0.889. The van der Waals surface area contributed by atoms with E-state index < -0.39 is 45.7 Å². The Bertz CT molecular complexity index is 535. The maximum absolute atomic E-state index is 12.7. The molecule has 0 spiro atoms. The highest BCUT2D eigenvalue weighted by atomic mass is 16.8. The van der Waals surface area contributed by atoms with Crippen molar-refractivity contribution in [2.75, 3.05) is 0 Å². The molecule has 152 valence electrons. The van der Waals surface area contributed by atoms with Gasteiger partial charge in [0, 0.05) is 11.1 Å². The second-order valence-electron chi connectivity index (χ2n) is 9.92. The summed E-state index contributed by atoms with van der Waals surface area (Å²) in [5.41, 5.74) is -4.70. The monoisotopic (exact) mass is 374 g/mol. The van der Waals surface area contributed by atoms with E-state index in [0.29, 0.717) is 0 Å². The molecule has 0 saturated carbocycles. The fourth-order valence-corrected chi connectivity index (χ4v) is 2.61. The normalized spacial score (nSPS) is 31.2. The average Bonchev–Trinajstić information content (AvgIpc) is 2.31. The molecule has 0 aliphatic carbocycles. The SMILES string of the molecule is CC(C)(C)NC(=O)[C@]1(O)OC(C)(C)[C@](O)(C(=O)NC(C)(C)C)OC1(C)C. The first-order valence-electron chi connectivity index (χ1n) is 8.67. The number of carbonyl (C=O) groups excluding carboxylic acids is 2. The van der Waals surface area contributed by atoms with Gasteiger partial charge in [0.2, 0.25) is 0 Å². The summed E-state index contributed by atoms with van der Waals surface area (Å²) in [5, 5.41) is 27.3. The van der Waals surface area contributed by atoms with Gasteiger partial charge in [-0.25, -0.2) is 0 Å². The third-order valence-electron chi connectivity index (χ3n) is 4.03. The number of aliphatic hydroxyl groups is 2. The molecule has 0 radical (unpaired) electrons. The lowest BCUT2D eigenvalue weighted by Gasteiger charge is -2.56. The van der Waals surface area contributed by atoms with Crippen LogP contribution in [0.4, 0.5) is 0 Å². The zero-order chi connectivity index (χ0) is 21.0. The van der Waals surface area contributed by atoms with Crippen LogP contribution in [0.5, 0.6) is 0 Å². The third kappa shape index (κ3) is 4.19. The van der Waals surface area contributed by atoms with Crippen molar-refractivity contribution in [1.82, 2.24) is 10.6 Å². The van der Waals surface area contributed by atoms with E-state index in [1.807, 2.05) is 0 Å². The molecule has 2 amide bonds. The summed E-state index contributed by atoms with van der Waals surface area (Å²) >= 11 is 0. The van der Waals surface area contributed by atoms with Crippen LogP contribution in [0.3, 0.4) is 0 Å². The van der Waals surface area contributed by atoms with Crippen molar-refractivity contribution in [2.45, 2.75) is 103 Å². The fourth-order valence-electron chi connectivity index (χ4n) is 2.61. The number of rotatable bonds is 2. The Kier molecular flexibility index (Phi) is 5.40. The van der Waals surface area contributed by atoms with Crippen molar-refractivity contribution in [3.8, 4) is 0 Å². The molecule has 8 nitrogen and oxygen atoms in total. The van der Waals surface area contributed by atoms with E-state index >= 15 is 0 Å². The van der Waals surface area contributed by atoms with Gasteiger partial charge in [-0.05, 0) is 69.2 Å². The Labute approximate surface area is 155 Å². The second-order valence-corrected chi connectivity index (χ2v) is 9.92. The number of hydrogen-bond acceptors (Lipinski definition) is 6. The molecule has 1 aliphatic rings. The lowest BCUT2D eigenvalue weighted by Crippen LogP contribution is -2.79. The molecule has 2 atom stereocenters. The zero-order valence-electron chi connectivity index (χ0n) is 17.5. The van der Waals surface area contributed by atoms with E-state index in [0.717, 1.165) is 0 Å². The molecule has 26 heavy (non-hydrogen) atoms. The number of amides is 2. The first-order chi connectivity index (χ1) is 11.2. The minimum absolute atomic E-state index is 0.631. The highest BCUT2D eigenvalue weighted by Crippen LogP contribution is 2.46. The predicted octanol–water partition coefficient (Wildman–Crippen LogP) is 0.797. The second kappa shape index (κ2) is 6.15. The molecule has 0 aromatic carbocycles. The zero-order valence-corrected chi connectivity index (χ0v) is 17.5. The molecule has 0 bridgehead atoms. The van der Waals surface area contributed by atoms with Gasteiger partial charge in [0.25, 0.3) is 23.4 Å². The van der Waals surface area contributed by atoms with Gasteiger partial charge in [0.05, 0.1) is 0 Å². The van der Waals surface area contributed by atoms with Crippen LogP contribution < -0.4 is 10.6 Å². The van der Waals surface area contributed by atoms with Crippen LogP contribution >= 0.6 is 0 Å². The van der Waals surface area contributed by atoms with Gasteiger partial charge in [-0.15, -0.1) is 0 Å². The molecule has 0 aromatic heterocycles. The van der Waals surface area contributed by atoms with Gasteiger partial charge in [-0.3, -0.25) is 9.59 Å². The first kappa shape index (κ1) is 22.8. The van der Waals surface area contributed by atoms with Crippen molar-refractivity contribution >= 4 is 11.8 Å². The topological polar surface area (TPSA) is 117 Å². The standard InChI is InChI=1S/C18H34N2O6/c1-13(2,3)19-11(21)17(23)15(7,8)26-18(24,16(9,10)25-17)12(22)20-14(4,5)6/h23-24H,1-10H3,(H,19,21)(H,20,22)/t17-,18-/m0/s1. The van der Waals surface area contributed by atoms with Crippen LogP contribution in [-0.4, -0.2) is 55.9 Å². The van der Waals surface area contributed by atoms with Crippen molar-refractivity contribution in [2.24, 2.45) is 0 Å². The predicted molar refractivity (Wildman–Crippen MR) is 96.0 cm³/mol. The van der Waals surface area contributed by atoms with Crippen LogP contribution in [0.15, 0.2) is 0 Å². The highest BCUT2D eigenvalue weighted by molar-refractivity contribution is 5.88. The summed E-state index contributed by atoms with van der Waals surface area (Å²) in [7, 11) is 0. The summed E-state index contributed by atoms with van der Waals surface area (Å²) in [4.78, 5) is 25.4. The van der Waals surface area contributed by atoms with Crippen LogP contribution in [-0.2, 0) is 19.1 Å². The van der Waals surface area contributed by atoms with Crippen LogP contribution in [0.25, 0.3) is 0 Å². The summed E-state index contributed by atoms with van der Waals surface area (Å²) in [6.45, 7) is 16.0. The Morgan fingerprint density at radius 2 is 0.923 bits per heavy atom. The Hall–Kier alpha value is -1.22. The summed E-state index contributed by atoms with van der Waals surface area (Å²) in [5.74, 6) is -6.47. The lowest BCUT2D eigenvalue weighted by molar-refractivity contribution is -0.445. The highest BCUT2D eigenvalue weighted by Gasteiger charge is 2.70. The third-order valence-corrected chi connectivity index (χ3v) is 4.03. The molecular formula is C18H34N2O6. The number of hydrogen-bond donors (Lipinski definition) is 4. The van der Waals surface area contributed by atoms with Crippen LogP contribution in [0, 0.1) is 0 Å². The van der Waals surface area contributed by atoms with E-state index in [9.17, 15) is 19.8 Å². The van der Waals surface area contributed by atoms with E-state index in [1.165, 1.54) is 27.7 Å².